The van der Waals surface area contributed by atoms with E-state index in [1.54, 1.807) is 12.1 Å². The van der Waals surface area contributed by atoms with Gasteiger partial charge in [0.2, 0.25) is 0 Å². The molecule has 0 aromatic heterocycles. The zero-order valence-corrected chi connectivity index (χ0v) is 22.2. The number of anilines is 2. The average Bonchev–Trinajstić information content (AvgIpc) is 2.96. The summed E-state index contributed by atoms with van der Waals surface area (Å²) in [4.78, 5) is 25.5. The van der Waals surface area contributed by atoms with Crippen molar-refractivity contribution in [2.24, 2.45) is 5.92 Å². The molecule has 1 aliphatic carbocycles. The molecule has 1 saturated carbocycles. The van der Waals surface area contributed by atoms with Crippen molar-refractivity contribution in [1.82, 2.24) is 5.32 Å². The number of para-hydroxylation sites is 1. The summed E-state index contributed by atoms with van der Waals surface area (Å²) < 4.78 is 40.8. The number of hydrogen-bond donors (Lipinski definition) is 2. The lowest BCUT2D eigenvalue weighted by Crippen LogP contribution is -2.37. The minimum absolute atomic E-state index is 0.0204. The summed E-state index contributed by atoms with van der Waals surface area (Å²) in [6, 6.07) is 23.6. The smallest absolute Gasteiger partial charge is 0.391 e. The number of benzene rings is 3. The average molecular weight is 551 g/mol. The summed E-state index contributed by atoms with van der Waals surface area (Å²) in [6.45, 7) is 0.928. The van der Waals surface area contributed by atoms with E-state index in [4.69, 9.17) is 5.11 Å². The molecule has 210 valence electrons. The fourth-order valence-corrected chi connectivity index (χ4v) is 6.27. The van der Waals surface area contributed by atoms with Gasteiger partial charge in [0.25, 0.3) is 5.91 Å². The Kier molecular flexibility index (Phi) is 7.88. The zero-order chi connectivity index (χ0) is 28.3. The van der Waals surface area contributed by atoms with Gasteiger partial charge in [-0.3, -0.25) is 9.59 Å². The second-order valence-corrected chi connectivity index (χ2v) is 10.8. The number of amides is 1. The van der Waals surface area contributed by atoms with E-state index in [1.165, 1.54) is 11.3 Å². The SMILES string of the molecule is O=C(O)CCNC(=O)c1ccc(C2(c3ccc(N4CCCc5ccccc54)cc3)CCC(C(F)(F)F)CC2)cc1. The van der Waals surface area contributed by atoms with Crippen molar-refractivity contribution in [3.63, 3.8) is 0 Å². The molecule has 0 atom stereocenters. The fraction of sp³-hybridized carbons (Fsp3) is 0.375. The molecule has 2 aliphatic rings. The summed E-state index contributed by atoms with van der Waals surface area (Å²) in [5.41, 5.74) is 5.20. The van der Waals surface area contributed by atoms with E-state index in [-0.39, 0.29) is 31.7 Å². The molecule has 1 heterocycles. The summed E-state index contributed by atoms with van der Waals surface area (Å²) in [5, 5.41) is 11.4. The lowest BCUT2D eigenvalue weighted by atomic mass is 9.63. The van der Waals surface area contributed by atoms with Crippen molar-refractivity contribution < 1.29 is 27.9 Å². The van der Waals surface area contributed by atoms with Crippen LogP contribution in [0.5, 0.6) is 0 Å². The van der Waals surface area contributed by atoms with E-state index in [0.717, 1.165) is 36.2 Å². The quantitative estimate of drug-likeness (QED) is 0.332. The molecule has 1 fully saturated rings. The number of carboxylic acid groups (broad SMARTS) is 1. The van der Waals surface area contributed by atoms with Gasteiger partial charge < -0.3 is 15.3 Å². The molecule has 0 unspecified atom stereocenters. The van der Waals surface area contributed by atoms with Gasteiger partial charge in [0, 0.05) is 35.4 Å². The molecule has 2 N–H and O–H groups in total. The predicted molar refractivity (Wildman–Crippen MR) is 148 cm³/mol. The first kappa shape index (κ1) is 27.7. The van der Waals surface area contributed by atoms with Crippen molar-refractivity contribution in [2.45, 2.75) is 56.5 Å². The number of hydrogen-bond acceptors (Lipinski definition) is 3. The van der Waals surface area contributed by atoms with Crippen LogP contribution in [0.3, 0.4) is 0 Å². The molecular formula is C32H33F3N2O3. The predicted octanol–water partition coefficient (Wildman–Crippen LogP) is 7.01. The third kappa shape index (κ3) is 5.71. The van der Waals surface area contributed by atoms with E-state index < -0.39 is 23.5 Å². The largest absolute Gasteiger partial charge is 0.481 e. The minimum atomic E-state index is -4.21. The highest BCUT2D eigenvalue weighted by molar-refractivity contribution is 5.94. The molecular weight excluding hydrogens is 517 g/mol. The maximum Gasteiger partial charge on any atom is 0.391 e. The Morgan fingerprint density at radius 2 is 1.55 bits per heavy atom. The second-order valence-electron chi connectivity index (χ2n) is 10.8. The Balaban J connectivity index is 1.43. The van der Waals surface area contributed by atoms with Gasteiger partial charge in [-0.15, -0.1) is 0 Å². The highest BCUT2D eigenvalue weighted by Crippen LogP contribution is 2.50. The number of nitrogens with one attached hydrogen (secondary N) is 1. The first-order valence-corrected chi connectivity index (χ1v) is 13.8. The highest BCUT2D eigenvalue weighted by Gasteiger charge is 2.47. The van der Waals surface area contributed by atoms with Crippen molar-refractivity contribution in [3.05, 3.63) is 95.1 Å². The molecule has 5 rings (SSSR count). The maximum absolute atomic E-state index is 13.6. The van der Waals surface area contributed by atoms with Gasteiger partial charge in [-0.1, -0.05) is 42.5 Å². The Bertz CT molecular complexity index is 1350. The third-order valence-corrected chi connectivity index (χ3v) is 8.47. The van der Waals surface area contributed by atoms with Crippen molar-refractivity contribution in [2.75, 3.05) is 18.0 Å². The number of halogens is 3. The molecule has 3 aromatic rings. The van der Waals surface area contributed by atoms with E-state index >= 15 is 0 Å². The molecule has 0 spiro atoms. The molecule has 0 bridgehead atoms. The van der Waals surface area contributed by atoms with Crippen molar-refractivity contribution in [3.8, 4) is 0 Å². The first-order chi connectivity index (χ1) is 19.2. The van der Waals surface area contributed by atoms with Gasteiger partial charge in [-0.05, 0) is 85.5 Å². The Morgan fingerprint density at radius 1 is 0.925 bits per heavy atom. The number of rotatable bonds is 7. The maximum atomic E-state index is 13.6. The number of alkyl halides is 3. The normalized spacial score (nSPS) is 21.0. The number of aryl methyl sites for hydroxylation is 1. The van der Waals surface area contributed by atoms with Crippen LogP contribution >= 0.6 is 0 Å². The minimum Gasteiger partial charge on any atom is -0.481 e. The molecule has 0 radical (unpaired) electrons. The molecule has 8 heteroatoms. The van der Waals surface area contributed by atoms with Crippen LogP contribution in [-0.2, 0) is 16.6 Å². The van der Waals surface area contributed by atoms with Crippen LogP contribution in [0.4, 0.5) is 24.5 Å². The van der Waals surface area contributed by atoms with Crippen molar-refractivity contribution >= 4 is 23.3 Å². The molecule has 40 heavy (non-hydrogen) atoms. The second kappa shape index (κ2) is 11.4. The zero-order valence-electron chi connectivity index (χ0n) is 22.2. The van der Waals surface area contributed by atoms with Crippen LogP contribution in [0.25, 0.3) is 0 Å². The summed E-state index contributed by atoms with van der Waals surface area (Å²) >= 11 is 0. The standard InChI is InChI=1S/C32H33F3N2O3/c33-32(34,35)26-15-18-31(19-16-26,24-9-7-23(8-10-24)30(40)36-20-17-29(38)39)25-11-13-27(14-12-25)37-21-3-5-22-4-1-2-6-28(22)37/h1-2,4,6-14,26H,3,5,15-21H2,(H,36,40)(H,38,39). The first-order valence-electron chi connectivity index (χ1n) is 13.8. The summed E-state index contributed by atoms with van der Waals surface area (Å²) in [5.74, 6) is -2.69. The van der Waals surface area contributed by atoms with Crippen LogP contribution in [0.2, 0.25) is 0 Å². The van der Waals surface area contributed by atoms with Gasteiger partial charge in [0.1, 0.15) is 0 Å². The summed E-state index contributed by atoms with van der Waals surface area (Å²) in [7, 11) is 0. The van der Waals surface area contributed by atoms with E-state index in [1.807, 2.05) is 30.3 Å². The highest BCUT2D eigenvalue weighted by atomic mass is 19.4. The Morgan fingerprint density at radius 3 is 2.17 bits per heavy atom. The monoisotopic (exact) mass is 550 g/mol. The van der Waals surface area contributed by atoms with Crippen LogP contribution in [0, 0.1) is 5.92 Å². The number of carbonyl (C=O) groups is 2. The van der Waals surface area contributed by atoms with Crippen LogP contribution < -0.4 is 10.2 Å². The van der Waals surface area contributed by atoms with Crippen molar-refractivity contribution in [1.29, 1.82) is 0 Å². The Labute approximate surface area is 232 Å². The molecule has 5 nitrogen and oxygen atoms in total. The van der Waals surface area contributed by atoms with Gasteiger partial charge in [-0.2, -0.15) is 13.2 Å². The van der Waals surface area contributed by atoms with E-state index in [9.17, 15) is 22.8 Å². The molecule has 1 aliphatic heterocycles. The van der Waals surface area contributed by atoms with Gasteiger partial charge >= 0.3 is 12.1 Å². The number of fused-ring (bicyclic) bond motifs is 1. The van der Waals surface area contributed by atoms with Gasteiger partial charge in [0.05, 0.1) is 12.3 Å². The van der Waals surface area contributed by atoms with Crippen LogP contribution in [0.15, 0.2) is 72.8 Å². The fourth-order valence-electron chi connectivity index (χ4n) is 6.27. The molecule has 3 aromatic carbocycles. The Hall–Kier alpha value is -3.81. The number of nitrogens with zero attached hydrogens (tertiary/aromatic N) is 1. The van der Waals surface area contributed by atoms with Crippen LogP contribution in [0.1, 0.15) is 65.6 Å². The van der Waals surface area contributed by atoms with Gasteiger partial charge in [-0.25, -0.2) is 0 Å². The van der Waals surface area contributed by atoms with E-state index in [2.05, 4.69) is 40.5 Å². The number of aliphatic carboxylic acids is 1. The molecule has 1 amide bonds. The third-order valence-electron chi connectivity index (χ3n) is 8.47. The number of carbonyl (C=O) groups excluding carboxylic acids is 1. The summed E-state index contributed by atoms with van der Waals surface area (Å²) in [6.07, 6.45) is -1.49. The van der Waals surface area contributed by atoms with Crippen LogP contribution in [-0.4, -0.2) is 36.2 Å². The molecule has 0 saturated heterocycles. The topological polar surface area (TPSA) is 69.6 Å². The lowest BCUT2D eigenvalue weighted by molar-refractivity contribution is -0.184. The lowest BCUT2D eigenvalue weighted by Gasteiger charge is -2.42. The van der Waals surface area contributed by atoms with Gasteiger partial charge in [0.15, 0.2) is 0 Å². The number of carboxylic acids is 1. The van der Waals surface area contributed by atoms with E-state index in [0.29, 0.717) is 18.4 Å².